The zero-order valence-electron chi connectivity index (χ0n) is 15.3. The fourth-order valence-corrected chi connectivity index (χ4v) is 2.82. The number of amides is 1. The Balaban J connectivity index is 1.98. The summed E-state index contributed by atoms with van der Waals surface area (Å²) in [5.74, 6) is 0.0378. The lowest BCUT2D eigenvalue weighted by atomic mass is 10.2. The number of anilines is 1. The first-order valence-electron chi connectivity index (χ1n) is 8.63. The first kappa shape index (κ1) is 20.7. The van der Waals surface area contributed by atoms with Crippen molar-refractivity contribution in [1.82, 2.24) is 0 Å². The molecule has 2 aromatic carbocycles. The van der Waals surface area contributed by atoms with Crippen molar-refractivity contribution in [2.24, 2.45) is 0 Å². The van der Waals surface area contributed by atoms with Crippen LogP contribution in [0.25, 0.3) is 6.08 Å². The lowest BCUT2D eigenvalue weighted by Gasteiger charge is -2.07. The number of carbonyl (C=O) groups is 2. The lowest BCUT2D eigenvalue weighted by Crippen LogP contribution is -2.10. The lowest BCUT2D eigenvalue weighted by molar-refractivity contribution is -0.111. The number of hydrogen-bond donors (Lipinski definition) is 1. The zero-order chi connectivity index (χ0) is 19.6. The molecule has 1 amide bonds. The quantitative estimate of drug-likeness (QED) is 0.360. The van der Waals surface area contributed by atoms with Crippen molar-refractivity contribution in [1.29, 1.82) is 0 Å². The van der Waals surface area contributed by atoms with E-state index in [1.807, 2.05) is 25.1 Å². The topological polar surface area (TPSA) is 64.6 Å². The molecule has 0 aromatic heterocycles. The van der Waals surface area contributed by atoms with Crippen molar-refractivity contribution >= 4 is 39.6 Å². The minimum absolute atomic E-state index is 0.293. The van der Waals surface area contributed by atoms with E-state index in [4.69, 9.17) is 9.47 Å². The molecule has 6 heteroatoms. The molecule has 2 aromatic rings. The smallest absolute Gasteiger partial charge is 0.338 e. The van der Waals surface area contributed by atoms with Gasteiger partial charge in [0.2, 0.25) is 5.91 Å². The summed E-state index contributed by atoms with van der Waals surface area (Å²) < 4.78 is 11.2. The van der Waals surface area contributed by atoms with E-state index in [0.29, 0.717) is 17.9 Å². The number of esters is 1. The van der Waals surface area contributed by atoms with E-state index < -0.39 is 5.97 Å². The molecule has 142 valence electrons. The molecule has 0 saturated carbocycles. The predicted octanol–water partition coefficient (Wildman–Crippen LogP) is 5.07. The minimum Gasteiger partial charge on any atom is -0.496 e. The van der Waals surface area contributed by atoms with Crippen LogP contribution >= 0.6 is 15.9 Å². The number of nitrogens with one attached hydrogen (secondary N) is 1. The molecule has 0 aliphatic carbocycles. The van der Waals surface area contributed by atoms with Crippen LogP contribution in [0.4, 0.5) is 5.69 Å². The molecule has 0 bridgehead atoms. The molecule has 0 atom stereocenters. The summed E-state index contributed by atoms with van der Waals surface area (Å²) in [6, 6.07) is 12.2. The third-order valence-corrected chi connectivity index (χ3v) is 4.32. The number of ether oxygens (including phenoxy) is 2. The van der Waals surface area contributed by atoms with Gasteiger partial charge < -0.3 is 14.8 Å². The number of hydrogen-bond acceptors (Lipinski definition) is 4. The van der Waals surface area contributed by atoms with Crippen molar-refractivity contribution in [3.8, 4) is 5.75 Å². The fraction of sp³-hybridized carbons (Fsp3) is 0.238. The average molecular weight is 432 g/mol. The van der Waals surface area contributed by atoms with Gasteiger partial charge in [-0.15, -0.1) is 0 Å². The normalized spacial score (nSPS) is 10.6. The number of unbranched alkanes of at least 4 members (excludes halogenated alkanes) is 1. The van der Waals surface area contributed by atoms with Crippen LogP contribution in [0.2, 0.25) is 0 Å². The Labute approximate surface area is 167 Å². The molecular weight excluding hydrogens is 410 g/mol. The Kier molecular flexibility index (Phi) is 8.07. The summed E-state index contributed by atoms with van der Waals surface area (Å²) in [4.78, 5) is 24.1. The molecule has 0 aliphatic rings. The second-order valence-electron chi connectivity index (χ2n) is 5.79. The van der Waals surface area contributed by atoms with Gasteiger partial charge in [0.05, 0.1) is 23.8 Å². The van der Waals surface area contributed by atoms with Gasteiger partial charge in [0.1, 0.15) is 5.75 Å². The van der Waals surface area contributed by atoms with Crippen LogP contribution < -0.4 is 10.1 Å². The third kappa shape index (κ3) is 6.57. The Morgan fingerprint density at radius 1 is 1.19 bits per heavy atom. The molecule has 0 fully saturated rings. The summed E-state index contributed by atoms with van der Waals surface area (Å²) in [5, 5.41) is 2.74. The molecule has 0 unspecified atom stereocenters. The molecule has 27 heavy (non-hydrogen) atoms. The SMILES string of the molecule is CCCCOC(=O)c1cccc(NC(=O)/C=C/c2ccc(OC)c(Br)c2)c1. The molecule has 0 spiro atoms. The summed E-state index contributed by atoms with van der Waals surface area (Å²) in [5.41, 5.74) is 1.79. The van der Waals surface area contributed by atoms with Gasteiger partial charge in [-0.25, -0.2) is 4.79 Å². The van der Waals surface area contributed by atoms with Gasteiger partial charge in [0.15, 0.2) is 0 Å². The van der Waals surface area contributed by atoms with Crippen molar-refractivity contribution in [2.45, 2.75) is 19.8 Å². The van der Waals surface area contributed by atoms with Crippen LogP contribution in [-0.4, -0.2) is 25.6 Å². The first-order chi connectivity index (χ1) is 13.0. The van der Waals surface area contributed by atoms with Crippen LogP contribution in [0.1, 0.15) is 35.7 Å². The van der Waals surface area contributed by atoms with Crippen LogP contribution in [0.3, 0.4) is 0 Å². The van der Waals surface area contributed by atoms with Gasteiger partial charge in [-0.2, -0.15) is 0 Å². The highest BCUT2D eigenvalue weighted by Gasteiger charge is 2.08. The van der Waals surface area contributed by atoms with Crippen molar-refractivity contribution in [3.05, 3.63) is 64.1 Å². The Bertz CT molecular complexity index is 833. The zero-order valence-corrected chi connectivity index (χ0v) is 16.9. The summed E-state index contributed by atoms with van der Waals surface area (Å²) in [6.45, 7) is 2.42. The van der Waals surface area contributed by atoms with E-state index >= 15 is 0 Å². The van der Waals surface area contributed by atoms with Crippen molar-refractivity contribution in [3.63, 3.8) is 0 Å². The van der Waals surface area contributed by atoms with Gasteiger partial charge in [-0.3, -0.25) is 4.79 Å². The molecule has 0 radical (unpaired) electrons. The van der Waals surface area contributed by atoms with Crippen molar-refractivity contribution in [2.75, 3.05) is 19.0 Å². The second-order valence-corrected chi connectivity index (χ2v) is 6.64. The monoisotopic (exact) mass is 431 g/mol. The van der Waals surface area contributed by atoms with Crippen LogP contribution in [-0.2, 0) is 9.53 Å². The highest BCUT2D eigenvalue weighted by atomic mass is 79.9. The highest BCUT2D eigenvalue weighted by Crippen LogP contribution is 2.26. The van der Waals surface area contributed by atoms with Gasteiger partial charge in [-0.1, -0.05) is 25.5 Å². The van der Waals surface area contributed by atoms with E-state index in [1.54, 1.807) is 37.5 Å². The number of benzene rings is 2. The Morgan fingerprint density at radius 3 is 2.70 bits per heavy atom. The van der Waals surface area contributed by atoms with Gasteiger partial charge in [0.25, 0.3) is 0 Å². The maximum Gasteiger partial charge on any atom is 0.338 e. The fourth-order valence-electron chi connectivity index (χ4n) is 2.26. The molecule has 0 aliphatic heterocycles. The minimum atomic E-state index is -0.391. The molecule has 5 nitrogen and oxygen atoms in total. The Hall–Kier alpha value is -2.60. The van der Waals surface area contributed by atoms with E-state index in [9.17, 15) is 9.59 Å². The third-order valence-electron chi connectivity index (χ3n) is 3.70. The summed E-state index contributed by atoms with van der Waals surface area (Å²) >= 11 is 3.41. The molecule has 0 saturated heterocycles. The van der Waals surface area contributed by atoms with E-state index in [2.05, 4.69) is 21.2 Å². The van der Waals surface area contributed by atoms with Crippen molar-refractivity contribution < 1.29 is 19.1 Å². The van der Waals surface area contributed by atoms with Gasteiger partial charge >= 0.3 is 5.97 Å². The standard InChI is InChI=1S/C21H22BrNO4/c1-3-4-12-27-21(25)16-6-5-7-17(14-16)23-20(24)11-9-15-8-10-19(26-2)18(22)13-15/h5-11,13-14H,3-4,12H2,1-2H3,(H,23,24)/b11-9+. The number of methoxy groups -OCH3 is 1. The van der Waals surface area contributed by atoms with E-state index in [-0.39, 0.29) is 5.91 Å². The van der Waals surface area contributed by atoms with Crippen LogP contribution in [0.15, 0.2) is 53.0 Å². The average Bonchev–Trinajstić information content (AvgIpc) is 2.67. The first-order valence-corrected chi connectivity index (χ1v) is 9.42. The largest absolute Gasteiger partial charge is 0.496 e. The number of carbonyl (C=O) groups excluding carboxylic acids is 2. The number of halogens is 1. The van der Waals surface area contributed by atoms with E-state index in [1.165, 1.54) is 6.08 Å². The highest BCUT2D eigenvalue weighted by molar-refractivity contribution is 9.10. The predicted molar refractivity (Wildman–Crippen MR) is 110 cm³/mol. The maximum absolute atomic E-state index is 12.1. The van der Waals surface area contributed by atoms with Gasteiger partial charge in [0, 0.05) is 11.8 Å². The molecule has 1 N–H and O–H groups in total. The molecular formula is C21H22BrNO4. The number of rotatable bonds is 8. The Morgan fingerprint density at radius 2 is 2.00 bits per heavy atom. The van der Waals surface area contributed by atoms with Crippen LogP contribution in [0, 0.1) is 0 Å². The summed E-state index contributed by atoms with van der Waals surface area (Å²) in [6.07, 6.45) is 4.91. The van der Waals surface area contributed by atoms with Crippen LogP contribution in [0.5, 0.6) is 5.75 Å². The van der Waals surface area contributed by atoms with E-state index in [0.717, 1.165) is 28.6 Å². The molecule has 0 heterocycles. The second kappa shape index (κ2) is 10.5. The summed E-state index contributed by atoms with van der Waals surface area (Å²) in [7, 11) is 1.59. The van der Waals surface area contributed by atoms with Gasteiger partial charge in [-0.05, 0) is 64.3 Å². The molecule has 2 rings (SSSR count). The maximum atomic E-state index is 12.1.